The van der Waals surface area contributed by atoms with Crippen LogP contribution >= 0.6 is 0 Å². The maximum Gasteiger partial charge on any atom is 0.323 e. The lowest BCUT2D eigenvalue weighted by atomic mass is 9.97. The highest BCUT2D eigenvalue weighted by atomic mass is 16.5. The lowest BCUT2D eigenvalue weighted by Gasteiger charge is -2.18. The van der Waals surface area contributed by atoms with Gasteiger partial charge in [0.05, 0.1) is 6.61 Å². The normalized spacial score (nSPS) is 13.3. The highest BCUT2D eigenvalue weighted by Crippen LogP contribution is 2.12. The van der Waals surface area contributed by atoms with Crippen LogP contribution in [0.3, 0.4) is 0 Å². The predicted octanol–water partition coefficient (Wildman–Crippen LogP) is 2.04. The molecule has 1 aromatic rings. The van der Waals surface area contributed by atoms with Crippen LogP contribution in [-0.4, -0.2) is 24.6 Å². The molecule has 0 fully saturated rings. The molecule has 2 atom stereocenters. The number of rotatable bonds is 8. The van der Waals surface area contributed by atoms with Crippen molar-refractivity contribution in [1.82, 2.24) is 0 Å². The quantitative estimate of drug-likeness (QED) is 0.742. The Labute approximate surface area is 125 Å². The van der Waals surface area contributed by atoms with E-state index in [1.54, 1.807) is 6.92 Å². The average Bonchev–Trinajstić information content (AvgIpc) is 2.50. The molecule has 0 aliphatic heterocycles. The summed E-state index contributed by atoms with van der Waals surface area (Å²) in [7, 11) is 0. The van der Waals surface area contributed by atoms with Gasteiger partial charge in [-0.2, -0.15) is 0 Å². The summed E-state index contributed by atoms with van der Waals surface area (Å²) in [5.74, 6) is -0.859. The van der Waals surface area contributed by atoms with Crippen molar-refractivity contribution in [1.29, 1.82) is 0 Å². The largest absolute Gasteiger partial charge is 0.466 e. The Bertz CT molecular complexity index is 447. The fourth-order valence-corrected chi connectivity index (χ4v) is 1.82. The zero-order valence-corrected chi connectivity index (χ0v) is 12.6. The molecule has 0 aromatic heterocycles. The maximum absolute atomic E-state index is 11.9. The Morgan fingerprint density at radius 3 is 2.48 bits per heavy atom. The van der Waals surface area contributed by atoms with E-state index in [2.05, 4.69) is 0 Å². The van der Waals surface area contributed by atoms with Crippen LogP contribution < -0.4 is 5.73 Å². The van der Waals surface area contributed by atoms with Gasteiger partial charge in [-0.25, -0.2) is 0 Å². The van der Waals surface area contributed by atoms with Crippen LogP contribution in [0, 0.1) is 5.92 Å². The predicted molar refractivity (Wildman–Crippen MR) is 79.2 cm³/mol. The monoisotopic (exact) mass is 293 g/mol. The zero-order valence-electron chi connectivity index (χ0n) is 12.6. The van der Waals surface area contributed by atoms with Gasteiger partial charge in [0.15, 0.2) is 0 Å². The van der Waals surface area contributed by atoms with E-state index in [1.807, 2.05) is 37.3 Å². The zero-order chi connectivity index (χ0) is 15.7. The summed E-state index contributed by atoms with van der Waals surface area (Å²) in [4.78, 5) is 23.1. The van der Waals surface area contributed by atoms with E-state index in [-0.39, 0.29) is 24.9 Å². The number of esters is 2. The standard InChI is InChI=1S/C16H23NO4/c1-3-20-14(18)10-9-12(2)15(17)16(19)21-11-13-7-5-4-6-8-13/h4-8,12,15H,3,9-11,17H2,1-2H3/t12-,15-/m0/s1. The molecule has 0 radical (unpaired) electrons. The highest BCUT2D eigenvalue weighted by Gasteiger charge is 2.23. The van der Waals surface area contributed by atoms with Gasteiger partial charge in [-0.15, -0.1) is 0 Å². The fraction of sp³-hybridized carbons (Fsp3) is 0.500. The van der Waals surface area contributed by atoms with E-state index >= 15 is 0 Å². The van der Waals surface area contributed by atoms with Crippen molar-refractivity contribution in [2.75, 3.05) is 6.61 Å². The first kappa shape index (κ1) is 17.2. The summed E-state index contributed by atoms with van der Waals surface area (Å²) < 4.78 is 10.0. The average molecular weight is 293 g/mol. The van der Waals surface area contributed by atoms with Gasteiger partial charge in [0, 0.05) is 6.42 Å². The Balaban J connectivity index is 2.34. The second-order valence-corrected chi connectivity index (χ2v) is 4.94. The highest BCUT2D eigenvalue weighted by molar-refractivity contribution is 5.76. The Morgan fingerprint density at radius 1 is 1.19 bits per heavy atom. The Morgan fingerprint density at radius 2 is 1.86 bits per heavy atom. The second kappa shape index (κ2) is 9.13. The molecule has 116 valence electrons. The molecular weight excluding hydrogens is 270 g/mol. The van der Waals surface area contributed by atoms with Crippen molar-refractivity contribution in [3.63, 3.8) is 0 Å². The molecule has 0 amide bonds. The van der Waals surface area contributed by atoms with E-state index in [0.29, 0.717) is 13.0 Å². The van der Waals surface area contributed by atoms with Gasteiger partial charge in [0.25, 0.3) is 0 Å². The summed E-state index contributed by atoms with van der Waals surface area (Å²) in [6.45, 7) is 4.15. The van der Waals surface area contributed by atoms with Crippen LogP contribution in [0.5, 0.6) is 0 Å². The third-order valence-electron chi connectivity index (χ3n) is 3.22. The number of carbonyl (C=O) groups excluding carboxylic acids is 2. The summed E-state index contributed by atoms with van der Waals surface area (Å²) in [6, 6.07) is 8.68. The van der Waals surface area contributed by atoms with Gasteiger partial charge in [-0.3, -0.25) is 9.59 Å². The Hall–Kier alpha value is -1.88. The van der Waals surface area contributed by atoms with Crippen LogP contribution in [0.4, 0.5) is 0 Å². The lowest BCUT2D eigenvalue weighted by molar-refractivity contribution is -0.149. The minimum atomic E-state index is -0.733. The summed E-state index contributed by atoms with van der Waals surface area (Å²) in [6.07, 6.45) is 0.759. The number of benzene rings is 1. The SMILES string of the molecule is CCOC(=O)CC[C@H](C)[C@H](N)C(=O)OCc1ccccc1. The first-order chi connectivity index (χ1) is 10.0. The summed E-state index contributed by atoms with van der Waals surface area (Å²) >= 11 is 0. The number of hydrogen-bond acceptors (Lipinski definition) is 5. The van der Waals surface area contributed by atoms with Crippen LogP contribution in [-0.2, 0) is 25.7 Å². The number of carbonyl (C=O) groups is 2. The maximum atomic E-state index is 11.9. The van der Waals surface area contributed by atoms with E-state index in [4.69, 9.17) is 15.2 Å². The molecule has 0 spiro atoms. The summed E-state index contributed by atoms with van der Waals surface area (Å²) in [5.41, 5.74) is 6.77. The van der Waals surface area contributed by atoms with Gasteiger partial charge in [0.2, 0.25) is 0 Å². The van der Waals surface area contributed by atoms with E-state index in [1.165, 1.54) is 0 Å². The molecule has 5 nitrogen and oxygen atoms in total. The molecule has 1 aromatic carbocycles. The molecule has 0 saturated carbocycles. The molecule has 0 aliphatic rings. The van der Waals surface area contributed by atoms with Gasteiger partial charge < -0.3 is 15.2 Å². The molecule has 0 heterocycles. The van der Waals surface area contributed by atoms with Crippen molar-refractivity contribution in [3.8, 4) is 0 Å². The fourth-order valence-electron chi connectivity index (χ4n) is 1.82. The topological polar surface area (TPSA) is 78.6 Å². The minimum absolute atomic E-state index is 0.141. The molecule has 2 N–H and O–H groups in total. The molecule has 0 aliphatic carbocycles. The molecule has 21 heavy (non-hydrogen) atoms. The summed E-state index contributed by atoms with van der Waals surface area (Å²) in [5, 5.41) is 0. The van der Waals surface area contributed by atoms with Crippen molar-refractivity contribution in [2.24, 2.45) is 11.7 Å². The number of ether oxygens (including phenoxy) is 2. The van der Waals surface area contributed by atoms with Gasteiger partial charge >= 0.3 is 11.9 Å². The number of hydrogen-bond donors (Lipinski definition) is 1. The van der Waals surface area contributed by atoms with Gasteiger partial charge in [0.1, 0.15) is 12.6 Å². The first-order valence-electron chi connectivity index (χ1n) is 7.16. The molecule has 0 bridgehead atoms. The van der Waals surface area contributed by atoms with Gasteiger partial charge in [-0.1, -0.05) is 37.3 Å². The number of nitrogens with two attached hydrogens (primary N) is 1. The molecule has 0 unspecified atom stereocenters. The van der Waals surface area contributed by atoms with Crippen LogP contribution in [0.2, 0.25) is 0 Å². The van der Waals surface area contributed by atoms with E-state index < -0.39 is 12.0 Å². The third kappa shape index (κ3) is 6.40. The van der Waals surface area contributed by atoms with Crippen LogP contribution in [0.15, 0.2) is 30.3 Å². The smallest absolute Gasteiger partial charge is 0.323 e. The molecule has 5 heteroatoms. The second-order valence-electron chi connectivity index (χ2n) is 4.94. The van der Waals surface area contributed by atoms with Crippen LogP contribution in [0.1, 0.15) is 32.3 Å². The van der Waals surface area contributed by atoms with Gasteiger partial charge in [-0.05, 0) is 24.8 Å². The van der Waals surface area contributed by atoms with E-state index in [9.17, 15) is 9.59 Å². The van der Waals surface area contributed by atoms with Crippen molar-refractivity contribution >= 4 is 11.9 Å². The Kier molecular flexibility index (Phi) is 7.46. The molecular formula is C16H23NO4. The lowest BCUT2D eigenvalue weighted by Crippen LogP contribution is -2.38. The minimum Gasteiger partial charge on any atom is -0.466 e. The first-order valence-corrected chi connectivity index (χ1v) is 7.16. The van der Waals surface area contributed by atoms with Crippen molar-refractivity contribution < 1.29 is 19.1 Å². The molecule has 1 rings (SSSR count). The molecule has 0 saturated heterocycles. The van der Waals surface area contributed by atoms with Crippen LogP contribution in [0.25, 0.3) is 0 Å². The van der Waals surface area contributed by atoms with E-state index in [0.717, 1.165) is 5.56 Å². The third-order valence-corrected chi connectivity index (χ3v) is 3.22. The van der Waals surface area contributed by atoms with Crippen molar-refractivity contribution in [2.45, 2.75) is 39.3 Å². The van der Waals surface area contributed by atoms with Crippen molar-refractivity contribution in [3.05, 3.63) is 35.9 Å².